The van der Waals surface area contributed by atoms with Gasteiger partial charge in [-0.3, -0.25) is 19.7 Å². The van der Waals surface area contributed by atoms with Gasteiger partial charge in [-0.25, -0.2) is 0 Å². The van der Waals surface area contributed by atoms with Crippen molar-refractivity contribution in [3.05, 3.63) is 130 Å². The Morgan fingerprint density at radius 1 is 0.792 bits per heavy atom. The van der Waals surface area contributed by atoms with Crippen LogP contribution in [0.5, 0.6) is 17.2 Å². The Morgan fingerprint density at radius 2 is 1.31 bits per heavy atom. The van der Waals surface area contributed by atoms with Crippen LogP contribution in [0.15, 0.2) is 103 Å². The fourth-order valence-electron chi connectivity index (χ4n) is 5.55. The molecule has 0 aromatic heterocycles. The second-order valence-corrected chi connectivity index (χ2v) is 11.0. The Bertz CT molecular complexity index is 1630. The summed E-state index contributed by atoms with van der Waals surface area (Å²) < 4.78 is 34.6. The zero-order valence-electron chi connectivity index (χ0n) is 26.5. The lowest BCUT2D eigenvalue weighted by Crippen LogP contribution is -2.39. The Balaban J connectivity index is 1.32. The number of methoxy groups -OCH3 is 2. The number of esters is 2. The molecule has 1 aliphatic heterocycles. The highest BCUT2D eigenvalue weighted by Gasteiger charge is 2.42. The van der Waals surface area contributed by atoms with Gasteiger partial charge in [-0.2, -0.15) is 0 Å². The molecule has 0 spiro atoms. The standard InChI is InChI=1S/C36H34BNO10/c1-43-28-14-8-25(9-15-28)36(24-6-4-3-5-7-24,26-10-16-29(44-2)17-11-26)45-23-32-31(22-33(37)47-32)48-35(40)21-20-34(39)46-30-18-12-27(13-19-30)38(41)42/h3-19,31-33H,20-23H2,1-2H3/t31-,32?,33?/m1/s1. The van der Waals surface area contributed by atoms with E-state index in [2.05, 4.69) is 0 Å². The van der Waals surface area contributed by atoms with Gasteiger partial charge in [0.15, 0.2) is 0 Å². The first-order chi connectivity index (χ1) is 23.2. The number of non-ortho nitro benzene ring substituents is 1. The van der Waals surface area contributed by atoms with E-state index in [1.807, 2.05) is 78.9 Å². The number of hydrogen-bond acceptors (Lipinski definition) is 10. The van der Waals surface area contributed by atoms with Crippen molar-refractivity contribution in [3.8, 4) is 17.2 Å². The van der Waals surface area contributed by atoms with Crippen molar-refractivity contribution in [2.45, 2.75) is 43.1 Å². The highest BCUT2D eigenvalue weighted by molar-refractivity contribution is 6.11. The minimum atomic E-state index is -1.12. The molecule has 0 bridgehead atoms. The number of nitro groups is 1. The van der Waals surface area contributed by atoms with Crippen molar-refractivity contribution >= 4 is 25.5 Å². The molecule has 4 aromatic rings. The Morgan fingerprint density at radius 3 is 1.85 bits per heavy atom. The molecule has 4 aromatic carbocycles. The van der Waals surface area contributed by atoms with Crippen molar-refractivity contribution in [3.63, 3.8) is 0 Å². The van der Waals surface area contributed by atoms with E-state index >= 15 is 0 Å². The third kappa shape index (κ3) is 8.02. The number of carbonyl (C=O) groups is 2. The Hall–Kier alpha value is -5.20. The van der Waals surface area contributed by atoms with Crippen molar-refractivity contribution < 1.29 is 42.9 Å². The minimum Gasteiger partial charge on any atom is -0.497 e. The summed E-state index contributed by atoms with van der Waals surface area (Å²) in [6.45, 7) is 0.000779. The summed E-state index contributed by atoms with van der Waals surface area (Å²) in [5.41, 5.74) is 1.24. The second-order valence-electron chi connectivity index (χ2n) is 11.0. The summed E-state index contributed by atoms with van der Waals surface area (Å²) in [5.74, 6) is 0.171. The number of benzene rings is 4. The molecular weight excluding hydrogens is 617 g/mol. The van der Waals surface area contributed by atoms with Gasteiger partial charge in [0.05, 0.1) is 38.6 Å². The molecule has 1 aliphatic rings. The lowest BCUT2D eigenvalue weighted by Gasteiger charge is -2.37. The zero-order valence-corrected chi connectivity index (χ0v) is 26.5. The normalized spacial score (nSPS) is 17.3. The van der Waals surface area contributed by atoms with Crippen LogP contribution in [0.2, 0.25) is 0 Å². The van der Waals surface area contributed by atoms with Crippen LogP contribution in [0.3, 0.4) is 0 Å². The van der Waals surface area contributed by atoms with Gasteiger partial charge in [0.1, 0.15) is 42.9 Å². The van der Waals surface area contributed by atoms with Crippen LogP contribution in [-0.2, 0) is 29.4 Å². The highest BCUT2D eigenvalue weighted by atomic mass is 16.6. The first-order valence-electron chi connectivity index (χ1n) is 15.3. The SMILES string of the molecule is [B]C1C[C@@H](OC(=O)CCC(=O)Oc2ccc([N+](=O)[O-])cc2)C(COC(c2ccccc2)(c2ccc(OC)cc2)c2ccc(OC)cc2)O1. The predicted molar refractivity (Wildman–Crippen MR) is 175 cm³/mol. The van der Waals surface area contributed by atoms with Crippen LogP contribution in [0.4, 0.5) is 5.69 Å². The van der Waals surface area contributed by atoms with Crippen LogP contribution in [-0.4, -0.2) is 63.7 Å². The molecule has 3 atom stereocenters. The average molecular weight is 651 g/mol. The fraction of sp³-hybridized carbons (Fsp3) is 0.278. The van der Waals surface area contributed by atoms with Gasteiger partial charge in [0, 0.05) is 24.6 Å². The summed E-state index contributed by atoms with van der Waals surface area (Å²) in [4.78, 5) is 35.5. The van der Waals surface area contributed by atoms with Crippen LogP contribution >= 0.6 is 0 Å². The molecule has 12 heteroatoms. The third-order valence-corrected chi connectivity index (χ3v) is 7.96. The molecule has 1 saturated heterocycles. The van der Waals surface area contributed by atoms with Gasteiger partial charge in [-0.15, -0.1) is 0 Å². The van der Waals surface area contributed by atoms with E-state index < -0.39 is 40.7 Å². The molecule has 2 radical (unpaired) electrons. The Kier molecular flexibility index (Phi) is 11.1. The number of ether oxygens (including phenoxy) is 6. The van der Waals surface area contributed by atoms with E-state index in [0.717, 1.165) is 16.7 Å². The summed E-state index contributed by atoms with van der Waals surface area (Å²) in [5, 5.41) is 10.8. The van der Waals surface area contributed by atoms with Gasteiger partial charge >= 0.3 is 11.9 Å². The third-order valence-electron chi connectivity index (χ3n) is 7.96. The number of nitrogens with zero attached hydrogens (tertiary/aromatic N) is 1. The van der Waals surface area contributed by atoms with Gasteiger partial charge in [-0.1, -0.05) is 54.6 Å². The monoisotopic (exact) mass is 651 g/mol. The van der Waals surface area contributed by atoms with Crippen LogP contribution in [0, 0.1) is 10.1 Å². The second kappa shape index (κ2) is 15.6. The largest absolute Gasteiger partial charge is 0.497 e. The van der Waals surface area contributed by atoms with Crippen LogP contribution < -0.4 is 14.2 Å². The highest BCUT2D eigenvalue weighted by Crippen LogP contribution is 2.42. The van der Waals surface area contributed by atoms with E-state index in [-0.39, 0.29) is 37.3 Å². The van der Waals surface area contributed by atoms with Gasteiger partial charge in [-0.05, 0) is 53.1 Å². The molecule has 0 aliphatic carbocycles. The number of carbonyl (C=O) groups excluding carboxylic acids is 2. The smallest absolute Gasteiger partial charge is 0.311 e. The molecule has 2 unspecified atom stereocenters. The van der Waals surface area contributed by atoms with E-state index in [0.29, 0.717) is 11.5 Å². The maximum Gasteiger partial charge on any atom is 0.311 e. The molecule has 48 heavy (non-hydrogen) atoms. The molecule has 1 heterocycles. The first-order valence-corrected chi connectivity index (χ1v) is 15.3. The van der Waals surface area contributed by atoms with E-state index in [1.54, 1.807) is 14.2 Å². The summed E-state index contributed by atoms with van der Waals surface area (Å²) in [6, 6.07) is 29.3. The van der Waals surface area contributed by atoms with Crippen molar-refractivity contribution in [1.29, 1.82) is 0 Å². The number of hydrogen-bond donors (Lipinski definition) is 0. The van der Waals surface area contributed by atoms with Crippen molar-refractivity contribution in [2.24, 2.45) is 0 Å². The van der Waals surface area contributed by atoms with Gasteiger partial charge in [0.2, 0.25) is 0 Å². The van der Waals surface area contributed by atoms with Gasteiger partial charge < -0.3 is 28.4 Å². The molecule has 0 saturated carbocycles. The molecule has 1 fully saturated rings. The van der Waals surface area contributed by atoms with E-state index in [4.69, 9.17) is 36.3 Å². The van der Waals surface area contributed by atoms with E-state index in [9.17, 15) is 19.7 Å². The van der Waals surface area contributed by atoms with Gasteiger partial charge in [0.25, 0.3) is 5.69 Å². The lowest BCUT2D eigenvalue weighted by atomic mass is 9.80. The Labute approximate surface area is 279 Å². The molecular formula is C36H34BNO10. The molecule has 5 rings (SSSR count). The molecule has 11 nitrogen and oxygen atoms in total. The van der Waals surface area contributed by atoms with E-state index in [1.165, 1.54) is 24.3 Å². The summed E-state index contributed by atoms with van der Waals surface area (Å²) in [6.07, 6.45) is -1.73. The zero-order chi connectivity index (χ0) is 34.1. The maximum atomic E-state index is 12.8. The van der Waals surface area contributed by atoms with Crippen molar-refractivity contribution in [1.82, 2.24) is 0 Å². The average Bonchev–Trinajstić information content (AvgIpc) is 3.46. The first kappa shape index (κ1) is 34.1. The molecule has 246 valence electrons. The number of nitro benzene ring substituents is 1. The quantitative estimate of drug-likeness (QED) is 0.0430. The predicted octanol–water partition coefficient (Wildman–Crippen LogP) is 5.50. The molecule has 0 amide bonds. The fourth-order valence-corrected chi connectivity index (χ4v) is 5.55. The maximum absolute atomic E-state index is 12.8. The molecule has 0 N–H and O–H groups in total. The lowest BCUT2D eigenvalue weighted by molar-refractivity contribution is -0.384. The summed E-state index contributed by atoms with van der Waals surface area (Å²) in [7, 11) is 9.35. The topological polar surface area (TPSA) is 133 Å². The van der Waals surface area contributed by atoms with Crippen LogP contribution in [0.25, 0.3) is 0 Å². The summed E-state index contributed by atoms with van der Waals surface area (Å²) >= 11 is 0. The minimum absolute atomic E-state index is 0.000779. The van der Waals surface area contributed by atoms with Crippen molar-refractivity contribution in [2.75, 3.05) is 20.8 Å². The number of rotatable bonds is 14. The van der Waals surface area contributed by atoms with Crippen LogP contribution in [0.1, 0.15) is 36.0 Å².